The molecule has 126 valence electrons. The van der Waals surface area contributed by atoms with Crippen LogP contribution in [0.4, 0.5) is 5.69 Å². The van der Waals surface area contributed by atoms with Crippen molar-refractivity contribution in [1.29, 1.82) is 0 Å². The van der Waals surface area contributed by atoms with Gasteiger partial charge < -0.3 is 15.2 Å². The van der Waals surface area contributed by atoms with Crippen molar-refractivity contribution in [2.75, 3.05) is 32.6 Å². The lowest BCUT2D eigenvalue weighted by Crippen LogP contribution is -2.62. The van der Waals surface area contributed by atoms with Gasteiger partial charge in [-0.05, 0) is 50.9 Å². The van der Waals surface area contributed by atoms with Crippen molar-refractivity contribution in [2.24, 2.45) is 5.92 Å². The number of likely N-dealkylation sites (N-methyl/N-ethyl adjacent to an activating group) is 1. The summed E-state index contributed by atoms with van der Waals surface area (Å²) in [6.07, 6.45) is 2.01. The zero-order chi connectivity index (χ0) is 16.4. The number of benzene rings is 1. The summed E-state index contributed by atoms with van der Waals surface area (Å²) < 4.78 is 6.26. The Hall–Kier alpha value is -1.10. The van der Waals surface area contributed by atoms with Gasteiger partial charge in [0.15, 0.2) is 0 Å². The van der Waals surface area contributed by atoms with Gasteiger partial charge in [-0.2, -0.15) is 0 Å². The van der Waals surface area contributed by atoms with E-state index in [1.165, 1.54) is 16.8 Å². The standard InChI is InChI=1S/C19H28N2O2/c1-18(2,22)13-9-19(23-4)14-6-5-7-15-17(14)12(10-20-15)8-16(19)21(3)11-13/h5-7,12-13,16,20,22H,8-11H2,1-4H3/t12?,13-,16-,19+/m1/s1. The van der Waals surface area contributed by atoms with Gasteiger partial charge in [0.2, 0.25) is 0 Å². The monoisotopic (exact) mass is 316 g/mol. The topological polar surface area (TPSA) is 44.7 Å². The second-order valence-electron chi connectivity index (χ2n) is 8.18. The van der Waals surface area contributed by atoms with Crippen LogP contribution in [0.2, 0.25) is 0 Å². The predicted molar refractivity (Wildman–Crippen MR) is 91.8 cm³/mol. The van der Waals surface area contributed by atoms with Gasteiger partial charge in [0, 0.05) is 43.8 Å². The summed E-state index contributed by atoms with van der Waals surface area (Å²) in [5, 5.41) is 14.2. The molecule has 1 unspecified atom stereocenters. The highest BCUT2D eigenvalue weighted by molar-refractivity contribution is 5.64. The maximum atomic E-state index is 10.6. The van der Waals surface area contributed by atoms with Crippen LogP contribution in [-0.4, -0.2) is 48.9 Å². The number of anilines is 1. The number of likely N-dealkylation sites (tertiary alicyclic amines) is 1. The Labute approximate surface area is 138 Å². The Kier molecular flexibility index (Phi) is 3.32. The number of ether oxygens (including phenoxy) is 1. The van der Waals surface area contributed by atoms with Crippen molar-refractivity contribution in [3.63, 3.8) is 0 Å². The Balaban J connectivity index is 1.86. The van der Waals surface area contributed by atoms with Crippen LogP contribution in [0, 0.1) is 5.92 Å². The maximum Gasteiger partial charge on any atom is 0.109 e. The third-order valence-electron chi connectivity index (χ3n) is 6.51. The quantitative estimate of drug-likeness (QED) is 0.880. The highest BCUT2D eigenvalue weighted by Crippen LogP contribution is 2.55. The smallest absolute Gasteiger partial charge is 0.109 e. The largest absolute Gasteiger partial charge is 0.390 e. The summed E-state index contributed by atoms with van der Waals surface area (Å²) in [4.78, 5) is 2.42. The molecule has 1 aromatic rings. The van der Waals surface area contributed by atoms with E-state index in [-0.39, 0.29) is 11.5 Å². The fraction of sp³-hybridized carbons (Fsp3) is 0.684. The number of rotatable bonds is 2. The fourth-order valence-corrected chi connectivity index (χ4v) is 5.19. The van der Waals surface area contributed by atoms with Gasteiger partial charge in [0.05, 0.1) is 5.60 Å². The highest BCUT2D eigenvalue weighted by Gasteiger charge is 2.56. The van der Waals surface area contributed by atoms with E-state index in [1.54, 1.807) is 0 Å². The van der Waals surface area contributed by atoms with E-state index in [1.807, 2.05) is 21.0 Å². The summed E-state index contributed by atoms with van der Waals surface area (Å²) in [7, 11) is 4.03. The molecule has 4 atom stereocenters. The molecule has 1 aliphatic carbocycles. The number of fused-ring (bicyclic) bond motifs is 2. The van der Waals surface area contributed by atoms with E-state index >= 15 is 0 Å². The first-order valence-electron chi connectivity index (χ1n) is 8.72. The maximum absolute atomic E-state index is 10.6. The molecule has 0 amide bonds. The number of nitrogens with zero attached hydrogens (tertiary/aromatic N) is 1. The summed E-state index contributed by atoms with van der Waals surface area (Å²) >= 11 is 0. The minimum Gasteiger partial charge on any atom is -0.390 e. The van der Waals surface area contributed by atoms with Gasteiger partial charge >= 0.3 is 0 Å². The van der Waals surface area contributed by atoms with E-state index in [9.17, 15) is 5.11 Å². The summed E-state index contributed by atoms with van der Waals surface area (Å²) in [6, 6.07) is 6.94. The van der Waals surface area contributed by atoms with Crippen LogP contribution >= 0.6 is 0 Å². The van der Waals surface area contributed by atoms with Crippen LogP contribution in [0.3, 0.4) is 0 Å². The van der Waals surface area contributed by atoms with Gasteiger partial charge in [-0.1, -0.05) is 12.1 Å². The van der Waals surface area contributed by atoms with Crippen LogP contribution in [0.5, 0.6) is 0 Å². The van der Waals surface area contributed by atoms with Crippen molar-refractivity contribution in [1.82, 2.24) is 4.90 Å². The zero-order valence-electron chi connectivity index (χ0n) is 14.6. The van der Waals surface area contributed by atoms with Crippen LogP contribution in [0.1, 0.15) is 43.7 Å². The molecule has 3 aliphatic rings. The number of methoxy groups -OCH3 is 1. The van der Waals surface area contributed by atoms with Crippen LogP contribution < -0.4 is 5.32 Å². The molecule has 2 aliphatic heterocycles. The number of nitrogens with one attached hydrogen (secondary N) is 1. The molecule has 4 nitrogen and oxygen atoms in total. The average molecular weight is 316 g/mol. The average Bonchev–Trinajstić information content (AvgIpc) is 2.92. The SMILES string of the molecule is CO[C@]12C[C@@H](C(C)(C)O)CN(C)[C@@H]1CC1CNc3cccc2c31. The summed E-state index contributed by atoms with van der Waals surface area (Å²) in [5.41, 5.74) is 3.05. The van der Waals surface area contributed by atoms with Crippen molar-refractivity contribution in [3.05, 3.63) is 29.3 Å². The molecule has 4 heteroatoms. The molecule has 4 rings (SSSR count). The third-order valence-corrected chi connectivity index (χ3v) is 6.51. The van der Waals surface area contributed by atoms with Crippen molar-refractivity contribution >= 4 is 5.69 Å². The van der Waals surface area contributed by atoms with E-state index < -0.39 is 5.60 Å². The number of piperidine rings is 1. The lowest BCUT2D eigenvalue weighted by Gasteiger charge is -2.56. The van der Waals surface area contributed by atoms with Crippen molar-refractivity contribution in [2.45, 2.75) is 49.9 Å². The Morgan fingerprint density at radius 2 is 2.17 bits per heavy atom. The second kappa shape index (κ2) is 4.95. The molecular formula is C19H28N2O2. The molecular weight excluding hydrogens is 288 g/mol. The van der Waals surface area contributed by atoms with Gasteiger partial charge in [-0.3, -0.25) is 4.90 Å². The van der Waals surface area contributed by atoms with Gasteiger partial charge in [-0.15, -0.1) is 0 Å². The lowest BCUT2D eigenvalue weighted by molar-refractivity contribution is -0.160. The molecule has 2 heterocycles. The van der Waals surface area contributed by atoms with Crippen LogP contribution in [-0.2, 0) is 10.3 Å². The Morgan fingerprint density at radius 1 is 1.39 bits per heavy atom. The highest BCUT2D eigenvalue weighted by atomic mass is 16.5. The minimum absolute atomic E-state index is 0.200. The van der Waals surface area contributed by atoms with Crippen molar-refractivity contribution in [3.8, 4) is 0 Å². The number of hydrogen-bond acceptors (Lipinski definition) is 4. The lowest BCUT2D eigenvalue weighted by atomic mass is 9.63. The third kappa shape index (κ3) is 2.08. The molecule has 1 aromatic carbocycles. The van der Waals surface area contributed by atoms with Crippen molar-refractivity contribution < 1.29 is 9.84 Å². The second-order valence-corrected chi connectivity index (χ2v) is 8.18. The first kappa shape index (κ1) is 15.4. The normalized spacial score (nSPS) is 36.3. The molecule has 2 N–H and O–H groups in total. The van der Waals surface area contributed by atoms with E-state index in [0.717, 1.165) is 25.9 Å². The fourth-order valence-electron chi connectivity index (χ4n) is 5.19. The molecule has 0 spiro atoms. The first-order chi connectivity index (χ1) is 10.9. The number of hydrogen-bond donors (Lipinski definition) is 2. The summed E-state index contributed by atoms with van der Waals surface area (Å²) in [5.74, 6) is 0.779. The zero-order valence-corrected chi connectivity index (χ0v) is 14.6. The first-order valence-corrected chi connectivity index (χ1v) is 8.72. The Bertz CT molecular complexity index is 624. The van der Waals surface area contributed by atoms with Crippen LogP contribution in [0.15, 0.2) is 18.2 Å². The Morgan fingerprint density at radius 3 is 2.87 bits per heavy atom. The molecule has 23 heavy (non-hydrogen) atoms. The van der Waals surface area contributed by atoms with Gasteiger partial charge in [-0.25, -0.2) is 0 Å². The van der Waals surface area contributed by atoms with E-state index in [2.05, 4.69) is 35.5 Å². The predicted octanol–water partition coefficient (Wildman–Crippen LogP) is 2.53. The molecule has 0 radical (unpaired) electrons. The number of aliphatic hydroxyl groups is 1. The van der Waals surface area contributed by atoms with Gasteiger partial charge in [0.25, 0.3) is 0 Å². The van der Waals surface area contributed by atoms with Crippen LogP contribution in [0.25, 0.3) is 0 Å². The molecule has 0 bridgehead atoms. The molecule has 0 saturated carbocycles. The van der Waals surface area contributed by atoms with E-state index in [4.69, 9.17) is 4.74 Å². The summed E-state index contributed by atoms with van der Waals surface area (Å²) in [6.45, 7) is 5.81. The molecule has 1 saturated heterocycles. The van der Waals surface area contributed by atoms with E-state index in [0.29, 0.717) is 12.0 Å². The molecule has 1 fully saturated rings. The molecule has 0 aromatic heterocycles. The van der Waals surface area contributed by atoms with Gasteiger partial charge in [0.1, 0.15) is 5.60 Å². The minimum atomic E-state index is -0.697.